The average molecular weight is 110 g/mol. The third kappa shape index (κ3) is 3.27. The molecule has 2 radical (unpaired) electrons. The van der Waals surface area contributed by atoms with E-state index in [0.717, 1.165) is 0 Å². The molecule has 0 amide bonds. The van der Waals surface area contributed by atoms with E-state index in [4.69, 9.17) is 11.1 Å². The molecule has 3 nitrogen and oxygen atoms in total. The summed E-state index contributed by atoms with van der Waals surface area (Å²) in [5.74, 6) is 6.00. The Kier molecular flexibility index (Phi) is 5.36. The predicted octanol–water partition coefficient (Wildman–Crippen LogP) is 0.526. The van der Waals surface area contributed by atoms with Crippen molar-refractivity contribution in [2.75, 3.05) is 0 Å². The number of hydrogen-bond donors (Lipinski definition) is 1. The van der Waals surface area contributed by atoms with Crippen molar-refractivity contribution in [2.45, 2.75) is 0 Å². The molecule has 0 aliphatic heterocycles. The van der Waals surface area contributed by atoms with Gasteiger partial charge in [0.05, 0.1) is 0 Å². The van der Waals surface area contributed by atoms with Crippen LogP contribution in [0.15, 0.2) is 30.6 Å². The first kappa shape index (κ1) is 7.07. The Balaban J connectivity index is 0.000000222. The summed E-state index contributed by atoms with van der Waals surface area (Å²) >= 11 is 0. The first-order valence-corrected chi connectivity index (χ1v) is 2.05. The van der Waals surface area contributed by atoms with Crippen molar-refractivity contribution < 1.29 is 5.21 Å². The Morgan fingerprint density at radius 1 is 1.00 bits per heavy atom. The van der Waals surface area contributed by atoms with Gasteiger partial charge in [0.2, 0.25) is 0 Å². The number of aromatic nitrogens is 1. The fourth-order valence-electron chi connectivity index (χ4n) is 0.313. The van der Waals surface area contributed by atoms with Gasteiger partial charge in [0.15, 0.2) is 0 Å². The van der Waals surface area contributed by atoms with Crippen LogP contribution >= 0.6 is 0 Å². The van der Waals surface area contributed by atoms with Gasteiger partial charge in [0, 0.05) is 18.3 Å². The van der Waals surface area contributed by atoms with Gasteiger partial charge in [0.1, 0.15) is 0 Å². The molecule has 42 valence electrons. The van der Waals surface area contributed by atoms with Crippen LogP contribution in [0.3, 0.4) is 0 Å². The second-order valence-electron chi connectivity index (χ2n) is 1.02. The van der Waals surface area contributed by atoms with Crippen LogP contribution in [0.2, 0.25) is 0 Å². The molecule has 0 aromatic carbocycles. The SMILES string of the molecule is [N]O.c1ccncc1. The van der Waals surface area contributed by atoms with Crippen LogP contribution < -0.4 is 5.90 Å². The lowest BCUT2D eigenvalue weighted by molar-refractivity contribution is 0.283. The van der Waals surface area contributed by atoms with E-state index in [0.29, 0.717) is 0 Å². The summed E-state index contributed by atoms with van der Waals surface area (Å²) in [6.07, 6.45) is 3.50. The first-order chi connectivity index (χ1) is 4.00. The van der Waals surface area contributed by atoms with Gasteiger partial charge in [0.25, 0.3) is 0 Å². The Morgan fingerprint density at radius 2 is 1.50 bits per heavy atom. The number of hydrogen-bond acceptors (Lipinski definition) is 2. The number of nitrogens with zero attached hydrogens (tertiary/aromatic N) is 2. The largest absolute Gasteiger partial charge is 0.279 e. The molecule has 0 aliphatic rings. The van der Waals surface area contributed by atoms with Crippen molar-refractivity contribution in [3.63, 3.8) is 0 Å². The Bertz CT molecular complexity index is 82.4. The highest BCUT2D eigenvalue weighted by Crippen LogP contribution is 1.73. The predicted molar refractivity (Wildman–Crippen MR) is 28.2 cm³/mol. The first-order valence-electron chi connectivity index (χ1n) is 2.05. The molecule has 0 spiro atoms. The lowest BCUT2D eigenvalue weighted by atomic mass is 10.5. The van der Waals surface area contributed by atoms with Crippen molar-refractivity contribution >= 4 is 0 Å². The van der Waals surface area contributed by atoms with Crippen molar-refractivity contribution in [1.29, 1.82) is 0 Å². The van der Waals surface area contributed by atoms with Crippen LogP contribution in [-0.2, 0) is 0 Å². The van der Waals surface area contributed by atoms with Gasteiger partial charge in [-0.1, -0.05) is 6.07 Å². The average Bonchev–Trinajstić information content (AvgIpc) is 1.96. The van der Waals surface area contributed by atoms with Crippen LogP contribution in [-0.4, -0.2) is 10.2 Å². The molecule has 0 saturated heterocycles. The standard InChI is InChI=1S/C5H5N.HNO/c1-2-4-6-5-3-1;1-2/h1-5H;2H. The molecule has 0 atom stereocenters. The molecule has 1 aromatic rings. The zero-order valence-electron chi connectivity index (χ0n) is 4.23. The van der Waals surface area contributed by atoms with Crippen molar-refractivity contribution in [3.05, 3.63) is 30.6 Å². The molecule has 3 heteroatoms. The summed E-state index contributed by atoms with van der Waals surface area (Å²) in [5.41, 5.74) is 0. The normalized spacial score (nSPS) is 6.75. The fourth-order valence-corrected chi connectivity index (χ4v) is 0.313. The minimum absolute atomic E-state index is 1.75. The molecule has 1 N–H and O–H groups in total. The van der Waals surface area contributed by atoms with Crippen LogP contribution in [0.4, 0.5) is 0 Å². The van der Waals surface area contributed by atoms with Crippen LogP contribution in [0, 0.1) is 0 Å². The molecule has 0 saturated carbocycles. The second kappa shape index (κ2) is 6.07. The topological polar surface area (TPSA) is 55.4 Å². The molecular weight excluding hydrogens is 104 g/mol. The highest BCUT2D eigenvalue weighted by atomic mass is 16.4. The molecule has 1 heterocycles. The fraction of sp³-hybridized carbons (Fsp3) is 0. The Hall–Kier alpha value is -0.930. The maximum Gasteiger partial charge on any atom is 0.0375 e. The van der Waals surface area contributed by atoms with E-state index >= 15 is 0 Å². The van der Waals surface area contributed by atoms with Crippen molar-refractivity contribution in [2.24, 2.45) is 0 Å². The van der Waals surface area contributed by atoms with E-state index in [1.54, 1.807) is 12.4 Å². The second-order valence-corrected chi connectivity index (χ2v) is 1.02. The number of pyridine rings is 1. The Labute approximate surface area is 47.7 Å². The van der Waals surface area contributed by atoms with Crippen molar-refractivity contribution in [3.8, 4) is 0 Å². The zero-order chi connectivity index (χ0) is 6.24. The minimum atomic E-state index is 1.75. The monoisotopic (exact) mass is 110 g/mol. The summed E-state index contributed by atoms with van der Waals surface area (Å²) in [6, 6.07) is 5.72. The Morgan fingerprint density at radius 3 is 1.62 bits per heavy atom. The molecule has 0 unspecified atom stereocenters. The van der Waals surface area contributed by atoms with Gasteiger partial charge >= 0.3 is 0 Å². The quantitative estimate of drug-likeness (QED) is 0.495. The molecule has 1 rings (SSSR count). The maximum absolute atomic E-state index is 6.00. The summed E-state index contributed by atoms with van der Waals surface area (Å²) < 4.78 is 0. The van der Waals surface area contributed by atoms with Crippen LogP contribution in [0.25, 0.3) is 0 Å². The molecule has 0 bridgehead atoms. The van der Waals surface area contributed by atoms with Gasteiger partial charge in [-0.2, -0.15) is 0 Å². The van der Waals surface area contributed by atoms with Gasteiger partial charge < -0.3 is 0 Å². The highest BCUT2D eigenvalue weighted by molar-refractivity contribution is 4.88. The third-order valence-corrected chi connectivity index (χ3v) is 0.566. The van der Waals surface area contributed by atoms with Gasteiger partial charge in [-0.25, -0.2) is 0 Å². The van der Waals surface area contributed by atoms with Gasteiger partial charge in [-0.15, -0.1) is 0 Å². The van der Waals surface area contributed by atoms with Crippen molar-refractivity contribution in [1.82, 2.24) is 10.9 Å². The molecular formula is C5H6N2O. The highest BCUT2D eigenvalue weighted by Gasteiger charge is 1.58. The van der Waals surface area contributed by atoms with E-state index in [1.165, 1.54) is 0 Å². The lowest BCUT2D eigenvalue weighted by Crippen LogP contribution is -1.58. The van der Waals surface area contributed by atoms with E-state index in [9.17, 15) is 0 Å². The van der Waals surface area contributed by atoms with E-state index in [1.807, 2.05) is 18.2 Å². The molecule has 1 aromatic heterocycles. The van der Waals surface area contributed by atoms with E-state index in [-0.39, 0.29) is 0 Å². The van der Waals surface area contributed by atoms with Crippen LogP contribution in [0.5, 0.6) is 0 Å². The summed E-state index contributed by atoms with van der Waals surface area (Å²) in [7, 11) is 0. The smallest absolute Gasteiger partial charge is 0.0375 e. The lowest BCUT2D eigenvalue weighted by Gasteiger charge is -1.70. The third-order valence-electron chi connectivity index (χ3n) is 0.566. The molecule has 0 fully saturated rings. The zero-order valence-corrected chi connectivity index (χ0v) is 4.23. The van der Waals surface area contributed by atoms with Crippen LogP contribution in [0.1, 0.15) is 0 Å². The number of rotatable bonds is 0. The van der Waals surface area contributed by atoms with E-state index < -0.39 is 0 Å². The summed E-state index contributed by atoms with van der Waals surface area (Å²) in [5, 5.41) is 6.00. The maximum atomic E-state index is 6.00. The summed E-state index contributed by atoms with van der Waals surface area (Å²) in [6.45, 7) is 0. The molecule has 8 heavy (non-hydrogen) atoms. The molecule has 0 aliphatic carbocycles. The van der Waals surface area contributed by atoms with Gasteiger partial charge in [-0.3, -0.25) is 10.2 Å². The minimum Gasteiger partial charge on any atom is -0.279 e. The summed E-state index contributed by atoms with van der Waals surface area (Å²) in [4.78, 5) is 3.78. The van der Waals surface area contributed by atoms with E-state index in [2.05, 4.69) is 4.98 Å². The van der Waals surface area contributed by atoms with Gasteiger partial charge in [-0.05, 0) is 12.1 Å².